The minimum Gasteiger partial charge on any atom is -0.329 e. The fourth-order valence-electron chi connectivity index (χ4n) is 1.66. The van der Waals surface area contributed by atoms with E-state index in [1.165, 1.54) is 11.4 Å². The van der Waals surface area contributed by atoms with E-state index in [0.29, 0.717) is 25.7 Å². The fourth-order valence-corrected chi connectivity index (χ4v) is 2.57. The summed E-state index contributed by atoms with van der Waals surface area (Å²) in [4.78, 5) is 2.21. The number of nitrogens with zero attached hydrogens (tertiary/aromatic N) is 2. The largest absolute Gasteiger partial charge is 0.329 e. The predicted molar refractivity (Wildman–Crippen MR) is 59.6 cm³/mol. The quantitative estimate of drug-likeness (QED) is 0.617. The first kappa shape index (κ1) is 12.9. The number of piperazine rings is 1. The summed E-state index contributed by atoms with van der Waals surface area (Å²) in [6.45, 7) is 5.24. The van der Waals surface area contributed by atoms with E-state index >= 15 is 0 Å². The molecule has 1 atom stereocenters. The lowest BCUT2D eigenvalue weighted by atomic mass is 10.2. The first-order chi connectivity index (χ1) is 7.01. The maximum Gasteiger partial charge on any atom is 0.279 e. The highest BCUT2D eigenvalue weighted by Crippen LogP contribution is 2.08. The summed E-state index contributed by atoms with van der Waals surface area (Å²) in [7, 11) is -1.82. The molecule has 1 aliphatic rings. The smallest absolute Gasteiger partial charge is 0.279 e. The van der Waals surface area contributed by atoms with Gasteiger partial charge in [-0.2, -0.15) is 12.7 Å². The molecule has 0 aromatic rings. The Morgan fingerprint density at radius 3 is 2.27 bits per heavy atom. The minimum atomic E-state index is -3.25. The van der Waals surface area contributed by atoms with Crippen LogP contribution in [0.4, 0.5) is 0 Å². The molecule has 7 heteroatoms. The van der Waals surface area contributed by atoms with Gasteiger partial charge in [0.1, 0.15) is 0 Å². The van der Waals surface area contributed by atoms with E-state index in [-0.39, 0.29) is 0 Å². The highest BCUT2D eigenvalue weighted by atomic mass is 32.2. The van der Waals surface area contributed by atoms with E-state index in [4.69, 9.17) is 5.73 Å². The number of hydrogen-bond acceptors (Lipinski definition) is 4. The van der Waals surface area contributed by atoms with Crippen LogP contribution in [0.3, 0.4) is 0 Å². The van der Waals surface area contributed by atoms with Crippen molar-refractivity contribution in [1.29, 1.82) is 0 Å². The summed E-state index contributed by atoms with van der Waals surface area (Å²) >= 11 is 0. The Labute approximate surface area is 91.6 Å². The zero-order valence-electron chi connectivity index (χ0n) is 9.31. The van der Waals surface area contributed by atoms with Gasteiger partial charge in [-0.3, -0.25) is 4.90 Å². The van der Waals surface area contributed by atoms with Crippen molar-refractivity contribution in [3.63, 3.8) is 0 Å². The van der Waals surface area contributed by atoms with Crippen molar-refractivity contribution in [2.45, 2.75) is 13.0 Å². The molecule has 0 aromatic carbocycles. The monoisotopic (exact) mass is 236 g/mol. The van der Waals surface area contributed by atoms with E-state index in [1.54, 1.807) is 0 Å². The van der Waals surface area contributed by atoms with E-state index in [2.05, 4.69) is 16.5 Å². The van der Waals surface area contributed by atoms with Crippen molar-refractivity contribution < 1.29 is 8.42 Å². The molecule has 6 nitrogen and oxygen atoms in total. The topological polar surface area (TPSA) is 78.7 Å². The highest BCUT2D eigenvalue weighted by Gasteiger charge is 2.26. The standard InChI is InChI=1S/C8H20N4O2S/c1-8(7-9)11-3-5-12(6-4-11)15(13,14)10-2/h8,10H,3-7,9H2,1-2H3. The molecule has 0 aromatic heterocycles. The van der Waals surface area contributed by atoms with Crippen LogP contribution in [0.5, 0.6) is 0 Å². The molecule has 1 unspecified atom stereocenters. The maximum absolute atomic E-state index is 11.5. The molecule has 0 spiro atoms. The summed E-state index contributed by atoms with van der Waals surface area (Å²) in [5.74, 6) is 0. The predicted octanol–water partition coefficient (Wildman–Crippen LogP) is -1.58. The molecular formula is C8H20N4O2S. The molecule has 0 saturated carbocycles. The van der Waals surface area contributed by atoms with Gasteiger partial charge in [-0.15, -0.1) is 0 Å². The second-order valence-corrected chi connectivity index (χ2v) is 5.60. The Morgan fingerprint density at radius 1 is 1.33 bits per heavy atom. The third-order valence-electron chi connectivity index (χ3n) is 2.84. The fraction of sp³-hybridized carbons (Fsp3) is 1.00. The van der Waals surface area contributed by atoms with Crippen molar-refractivity contribution >= 4 is 10.2 Å². The maximum atomic E-state index is 11.5. The number of nitrogens with two attached hydrogens (primary N) is 1. The lowest BCUT2D eigenvalue weighted by Gasteiger charge is -2.36. The van der Waals surface area contributed by atoms with Crippen molar-refractivity contribution in [2.75, 3.05) is 39.8 Å². The van der Waals surface area contributed by atoms with Crippen molar-refractivity contribution in [2.24, 2.45) is 5.73 Å². The molecule has 15 heavy (non-hydrogen) atoms. The molecular weight excluding hydrogens is 216 g/mol. The van der Waals surface area contributed by atoms with Crippen LogP contribution in [0.15, 0.2) is 0 Å². The van der Waals surface area contributed by atoms with Gasteiger partial charge in [-0.25, -0.2) is 4.72 Å². The van der Waals surface area contributed by atoms with Gasteiger partial charge < -0.3 is 5.73 Å². The minimum absolute atomic E-state index is 0.324. The van der Waals surface area contributed by atoms with Gasteiger partial charge in [0.25, 0.3) is 10.2 Å². The van der Waals surface area contributed by atoms with Gasteiger partial charge in [-0.05, 0) is 6.92 Å². The Bertz CT molecular complexity index is 285. The van der Waals surface area contributed by atoms with E-state index in [0.717, 1.165) is 13.1 Å². The van der Waals surface area contributed by atoms with Crippen LogP contribution in [-0.2, 0) is 10.2 Å². The summed E-state index contributed by atoms with van der Waals surface area (Å²) in [5.41, 5.74) is 5.56. The Hall–Kier alpha value is -0.210. The van der Waals surface area contributed by atoms with E-state index in [9.17, 15) is 8.42 Å². The van der Waals surface area contributed by atoms with Gasteiger partial charge in [-0.1, -0.05) is 0 Å². The third-order valence-corrected chi connectivity index (χ3v) is 4.40. The molecule has 1 heterocycles. The summed E-state index contributed by atoms with van der Waals surface area (Å²) in [5, 5.41) is 0. The molecule has 0 radical (unpaired) electrons. The van der Waals surface area contributed by atoms with Crippen LogP contribution >= 0.6 is 0 Å². The first-order valence-electron chi connectivity index (χ1n) is 5.14. The van der Waals surface area contributed by atoms with Crippen molar-refractivity contribution in [1.82, 2.24) is 13.9 Å². The van der Waals surface area contributed by atoms with E-state index < -0.39 is 10.2 Å². The summed E-state index contributed by atoms with van der Waals surface area (Å²) in [6, 6.07) is 0.324. The van der Waals surface area contributed by atoms with Crippen LogP contribution in [0.2, 0.25) is 0 Å². The van der Waals surface area contributed by atoms with Gasteiger partial charge in [0.05, 0.1) is 0 Å². The number of hydrogen-bond donors (Lipinski definition) is 2. The third kappa shape index (κ3) is 3.12. The summed E-state index contributed by atoms with van der Waals surface area (Å²) in [6.07, 6.45) is 0. The zero-order chi connectivity index (χ0) is 11.5. The molecule has 90 valence electrons. The Kier molecular flexibility index (Phi) is 4.47. The summed E-state index contributed by atoms with van der Waals surface area (Å²) < 4.78 is 26.7. The van der Waals surface area contributed by atoms with Crippen molar-refractivity contribution in [3.05, 3.63) is 0 Å². The van der Waals surface area contributed by atoms with Crippen LogP contribution in [0, 0.1) is 0 Å². The lowest BCUT2D eigenvalue weighted by Crippen LogP contribution is -2.54. The molecule has 0 aliphatic carbocycles. The van der Waals surface area contributed by atoms with Gasteiger partial charge in [0.2, 0.25) is 0 Å². The van der Waals surface area contributed by atoms with E-state index in [1.807, 2.05) is 0 Å². The Morgan fingerprint density at radius 2 is 1.87 bits per heavy atom. The van der Waals surface area contributed by atoms with Crippen LogP contribution in [-0.4, -0.2) is 63.4 Å². The molecule has 1 saturated heterocycles. The van der Waals surface area contributed by atoms with Gasteiger partial charge in [0.15, 0.2) is 0 Å². The van der Waals surface area contributed by atoms with Crippen LogP contribution in [0.1, 0.15) is 6.92 Å². The Balaban J connectivity index is 2.49. The lowest BCUT2D eigenvalue weighted by molar-refractivity contribution is 0.148. The van der Waals surface area contributed by atoms with Crippen LogP contribution in [0.25, 0.3) is 0 Å². The molecule has 1 rings (SSSR count). The second kappa shape index (κ2) is 5.22. The number of nitrogens with one attached hydrogen (secondary N) is 1. The second-order valence-electron chi connectivity index (χ2n) is 3.73. The number of rotatable bonds is 4. The first-order valence-corrected chi connectivity index (χ1v) is 6.58. The molecule has 1 fully saturated rings. The molecule has 0 bridgehead atoms. The molecule has 0 amide bonds. The van der Waals surface area contributed by atoms with Gasteiger partial charge >= 0.3 is 0 Å². The highest BCUT2D eigenvalue weighted by molar-refractivity contribution is 7.87. The average molecular weight is 236 g/mol. The zero-order valence-corrected chi connectivity index (χ0v) is 10.1. The normalized spacial score (nSPS) is 22.9. The van der Waals surface area contributed by atoms with Crippen molar-refractivity contribution in [3.8, 4) is 0 Å². The van der Waals surface area contributed by atoms with Gasteiger partial charge in [0, 0.05) is 45.8 Å². The molecule has 3 N–H and O–H groups in total. The van der Waals surface area contributed by atoms with Crippen LogP contribution < -0.4 is 10.5 Å². The SMILES string of the molecule is CNS(=O)(=O)N1CCN(C(C)CN)CC1. The average Bonchev–Trinajstić information content (AvgIpc) is 2.28. The molecule has 1 aliphatic heterocycles.